The van der Waals surface area contributed by atoms with Crippen LogP contribution in [0.2, 0.25) is 0 Å². The van der Waals surface area contributed by atoms with Crippen molar-refractivity contribution >= 4 is 17.4 Å². The fourth-order valence-corrected chi connectivity index (χ4v) is 3.01. The van der Waals surface area contributed by atoms with Crippen molar-refractivity contribution in [2.45, 2.75) is 31.8 Å². The van der Waals surface area contributed by atoms with Crippen molar-refractivity contribution in [3.8, 4) is 0 Å². The van der Waals surface area contributed by atoms with Crippen LogP contribution in [0, 0.1) is 5.92 Å². The van der Waals surface area contributed by atoms with Gasteiger partial charge in [-0.2, -0.15) is 0 Å². The number of aliphatic hydroxyl groups is 1. The first-order valence-corrected chi connectivity index (χ1v) is 7.27. The molecule has 0 spiro atoms. The number of carboxylic acid groups (broad SMARTS) is 1. The molecule has 1 saturated carbocycles. The van der Waals surface area contributed by atoms with Crippen LogP contribution in [0.5, 0.6) is 0 Å². The van der Waals surface area contributed by atoms with Gasteiger partial charge >= 0.3 is 5.97 Å². The first-order valence-electron chi connectivity index (χ1n) is 7.27. The lowest BCUT2D eigenvalue weighted by molar-refractivity contribution is 0.0690. The van der Waals surface area contributed by atoms with Crippen LogP contribution in [0.4, 0.5) is 5.82 Å². The molecule has 6 nitrogen and oxygen atoms in total. The van der Waals surface area contributed by atoms with Gasteiger partial charge in [0.1, 0.15) is 5.65 Å². The van der Waals surface area contributed by atoms with E-state index in [0.29, 0.717) is 23.9 Å². The standard InChI is InChI=1S/C15H19N3O3/c19-11-5-3-4-10(8-11)9-16-14-13(15(20)21)18-7-2-1-6-12(18)17-14/h1-2,6-7,10-11,16,19H,3-5,8-9H2,(H,20,21). The van der Waals surface area contributed by atoms with Crippen LogP contribution < -0.4 is 5.32 Å². The second-order valence-corrected chi connectivity index (χ2v) is 5.61. The number of fused-ring (bicyclic) bond motifs is 1. The quantitative estimate of drug-likeness (QED) is 0.801. The topological polar surface area (TPSA) is 86.9 Å². The highest BCUT2D eigenvalue weighted by atomic mass is 16.4. The van der Waals surface area contributed by atoms with Gasteiger partial charge in [0.2, 0.25) is 0 Å². The first kappa shape index (κ1) is 13.9. The van der Waals surface area contributed by atoms with Gasteiger partial charge in [0.25, 0.3) is 0 Å². The molecule has 112 valence electrons. The molecule has 3 rings (SSSR count). The molecule has 0 amide bonds. The van der Waals surface area contributed by atoms with Gasteiger partial charge in [0.05, 0.1) is 6.10 Å². The number of hydrogen-bond donors (Lipinski definition) is 3. The lowest BCUT2D eigenvalue weighted by Crippen LogP contribution is -2.25. The minimum absolute atomic E-state index is 0.155. The van der Waals surface area contributed by atoms with Crippen molar-refractivity contribution in [3.63, 3.8) is 0 Å². The zero-order chi connectivity index (χ0) is 14.8. The van der Waals surface area contributed by atoms with E-state index in [0.717, 1.165) is 25.7 Å². The molecule has 1 fully saturated rings. The Hall–Kier alpha value is -2.08. The highest BCUT2D eigenvalue weighted by Crippen LogP contribution is 2.25. The number of rotatable bonds is 4. The van der Waals surface area contributed by atoms with Gasteiger partial charge < -0.3 is 15.5 Å². The molecule has 2 aromatic heterocycles. The van der Waals surface area contributed by atoms with Crippen molar-refractivity contribution in [2.75, 3.05) is 11.9 Å². The number of imidazole rings is 1. The fourth-order valence-electron chi connectivity index (χ4n) is 3.01. The first-order chi connectivity index (χ1) is 10.1. The minimum atomic E-state index is -1.00. The Bertz CT molecular complexity index is 653. The molecule has 1 aliphatic carbocycles. The number of nitrogens with zero attached hydrogens (tertiary/aromatic N) is 2. The van der Waals surface area contributed by atoms with E-state index >= 15 is 0 Å². The van der Waals surface area contributed by atoms with Crippen LogP contribution in [-0.2, 0) is 0 Å². The van der Waals surface area contributed by atoms with E-state index in [1.165, 1.54) is 0 Å². The summed E-state index contributed by atoms with van der Waals surface area (Å²) in [6.45, 7) is 0.640. The van der Waals surface area contributed by atoms with E-state index in [-0.39, 0.29) is 11.8 Å². The Kier molecular flexibility index (Phi) is 3.79. The molecule has 2 aromatic rings. The van der Waals surface area contributed by atoms with Gasteiger partial charge in [-0.3, -0.25) is 4.40 Å². The zero-order valence-electron chi connectivity index (χ0n) is 11.7. The SMILES string of the molecule is O=C(O)c1c(NCC2CCCC(O)C2)nc2ccccn12. The second-order valence-electron chi connectivity index (χ2n) is 5.61. The number of anilines is 1. The van der Waals surface area contributed by atoms with Crippen molar-refractivity contribution < 1.29 is 15.0 Å². The number of carboxylic acids is 1. The van der Waals surface area contributed by atoms with Crippen LogP contribution in [0.15, 0.2) is 24.4 Å². The van der Waals surface area contributed by atoms with Gasteiger partial charge in [-0.1, -0.05) is 12.5 Å². The molecule has 6 heteroatoms. The number of nitrogens with one attached hydrogen (secondary N) is 1. The largest absolute Gasteiger partial charge is 0.476 e. The van der Waals surface area contributed by atoms with Crippen molar-refractivity contribution in [1.29, 1.82) is 0 Å². The summed E-state index contributed by atoms with van der Waals surface area (Å²) in [4.78, 5) is 15.8. The Morgan fingerprint density at radius 2 is 2.29 bits per heavy atom. The maximum atomic E-state index is 11.5. The number of hydrogen-bond acceptors (Lipinski definition) is 4. The van der Waals surface area contributed by atoms with Crippen LogP contribution in [0.25, 0.3) is 5.65 Å². The second kappa shape index (κ2) is 5.73. The lowest BCUT2D eigenvalue weighted by atomic mass is 9.87. The maximum absolute atomic E-state index is 11.5. The van der Waals surface area contributed by atoms with Gasteiger partial charge in [-0.25, -0.2) is 9.78 Å². The van der Waals surface area contributed by atoms with Crippen molar-refractivity contribution in [2.24, 2.45) is 5.92 Å². The van der Waals surface area contributed by atoms with E-state index in [2.05, 4.69) is 10.3 Å². The molecule has 0 aromatic carbocycles. The monoisotopic (exact) mass is 289 g/mol. The molecule has 2 unspecified atom stereocenters. The smallest absolute Gasteiger partial charge is 0.356 e. The van der Waals surface area contributed by atoms with Crippen LogP contribution in [0.1, 0.15) is 36.2 Å². The third kappa shape index (κ3) is 2.85. The number of aliphatic hydroxyl groups excluding tert-OH is 1. The van der Waals surface area contributed by atoms with Crippen molar-refractivity contribution in [1.82, 2.24) is 9.38 Å². The summed E-state index contributed by atoms with van der Waals surface area (Å²) < 4.78 is 1.57. The third-order valence-electron chi connectivity index (χ3n) is 4.05. The van der Waals surface area contributed by atoms with E-state index in [9.17, 15) is 15.0 Å². The maximum Gasteiger partial charge on any atom is 0.356 e. The summed E-state index contributed by atoms with van der Waals surface area (Å²) >= 11 is 0. The van der Waals surface area contributed by atoms with Gasteiger partial charge in [0.15, 0.2) is 11.5 Å². The normalized spacial score (nSPS) is 22.3. The fraction of sp³-hybridized carbons (Fsp3) is 0.467. The van der Waals surface area contributed by atoms with Gasteiger partial charge in [-0.15, -0.1) is 0 Å². The lowest BCUT2D eigenvalue weighted by Gasteiger charge is -2.25. The molecule has 0 aliphatic heterocycles. The molecule has 21 heavy (non-hydrogen) atoms. The van der Waals surface area contributed by atoms with Crippen LogP contribution >= 0.6 is 0 Å². The number of aromatic carboxylic acids is 1. The summed E-state index contributed by atoms with van der Waals surface area (Å²) in [6.07, 6.45) is 5.17. The van der Waals surface area contributed by atoms with E-state index in [1.54, 1.807) is 22.7 Å². The Balaban J connectivity index is 1.80. The summed E-state index contributed by atoms with van der Waals surface area (Å²) in [7, 11) is 0. The molecule has 0 bridgehead atoms. The van der Waals surface area contributed by atoms with Gasteiger partial charge in [0, 0.05) is 12.7 Å². The minimum Gasteiger partial charge on any atom is -0.476 e. The number of pyridine rings is 1. The molecule has 0 radical (unpaired) electrons. The van der Waals surface area contributed by atoms with Crippen LogP contribution in [-0.4, -0.2) is 38.2 Å². The summed E-state index contributed by atoms with van der Waals surface area (Å²) in [5.74, 6) is -0.242. The third-order valence-corrected chi connectivity index (χ3v) is 4.05. The molecule has 3 N–H and O–H groups in total. The van der Waals surface area contributed by atoms with Crippen molar-refractivity contribution in [3.05, 3.63) is 30.1 Å². The molecular weight excluding hydrogens is 270 g/mol. The Labute approximate surface area is 122 Å². The average molecular weight is 289 g/mol. The number of carbonyl (C=O) groups is 1. The van der Waals surface area contributed by atoms with E-state index in [1.807, 2.05) is 6.07 Å². The zero-order valence-corrected chi connectivity index (χ0v) is 11.7. The molecular formula is C15H19N3O3. The predicted molar refractivity (Wildman–Crippen MR) is 78.6 cm³/mol. The Morgan fingerprint density at radius 3 is 3.05 bits per heavy atom. The molecule has 1 aliphatic rings. The Morgan fingerprint density at radius 1 is 1.43 bits per heavy atom. The van der Waals surface area contributed by atoms with Gasteiger partial charge in [-0.05, 0) is 37.3 Å². The predicted octanol–water partition coefficient (Wildman–Crippen LogP) is 2.00. The highest BCUT2D eigenvalue weighted by Gasteiger charge is 2.22. The molecule has 2 heterocycles. The summed E-state index contributed by atoms with van der Waals surface area (Å²) in [5, 5.41) is 22.2. The van der Waals surface area contributed by atoms with E-state index in [4.69, 9.17) is 0 Å². The molecule has 0 saturated heterocycles. The highest BCUT2D eigenvalue weighted by molar-refractivity contribution is 5.92. The van der Waals surface area contributed by atoms with Crippen LogP contribution in [0.3, 0.4) is 0 Å². The molecule has 2 atom stereocenters. The average Bonchev–Trinajstić information content (AvgIpc) is 2.83. The summed E-state index contributed by atoms with van der Waals surface area (Å²) in [5.41, 5.74) is 0.767. The summed E-state index contributed by atoms with van der Waals surface area (Å²) in [6, 6.07) is 5.39. The van der Waals surface area contributed by atoms with E-state index < -0.39 is 5.97 Å². The number of aromatic nitrogens is 2.